The van der Waals surface area contributed by atoms with Crippen molar-refractivity contribution in [3.8, 4) is 5.75 Å². The second-order valence-electron chi connectivity index (χ2n) is 5.38. The average molecular weight is 263 g/mol. The quantitative estimate of drug-likeness (QED) is 0.668. The first-order chi connectivity index (χ1) is 9.17. The SMILES string of the molecule is CCNC(CC)CCCOc1ccc(C(C)C)cc1. The average Bonchev–Trinajstić information content (AvgIpc) is 2.42. The van der Waals surface area contributed by atoms with E-state index in [1.165, 1.54) is 18.4 Å². The van der Waals surface area contributed by atoms with E-state index in [4.69, 9.17) is 4.74 Å². The topological polar surface area (TPSA) is 21.3 Å². The number of hydrogen-bond donors (Lipinski definition) is 1. The third kappa shape index (κ3) is 6.11. The molecule has 1 N–H and O–H groups in total. The molecule has 0 aliphatic heterocycles. The highest BCUT2D eigenvalue weighted by Crippen LogP contribution is 2.18. The van der Waals surface area contributed by atoms with E-state index in [0.29, 0.717) is 12.0 Å². The van der Waals surface area contributed by atoms with Crippen molar-refractivity contribution in [2.24, 2.45) is 0 Å². The first kappa shape index (κ1) is 16.0. The predicted molar refractivity (Wildman–Crippen MR) is 83.0 cm³/mol. The van der Waals surface area contributed by atoms with Gasteiger partial charge in [-0.1, -0.05) is 39.8 Å². The molecule has 1 atom stereocenters. The molecule has 0 bridgehead atoms. The van der Waals surface area contributed by atoms with Gasteiger partial charge in [0.2, 0.25) is 0 Å². The van der Waals surface area contributed by atoms with E-state index in [-0.39, 0.29) is 0 Å². The molecule has 108 valence electrons. The van der Waals surface area contributed by atoms with E-state index in [1.54, 1.807) is 0 Å². The Hall–Kier alpha value is -1.02. The molecule has 0 radical (unpaired) electrons. The summed E-state index contributed by atoms with van der Waals surface area (Å²) in [5.41, 5.74) is 1.37. The van der Waals surface area contributed by atoms with Crippen LogP contribution in [-0.4, -0.2) is 19.2 Å². The fourth-order valence-electron chi connectivity index (χ4n) is 2.21. The van der Waals surface area contributed by atoms with Gasteiger partial charge in [-0.3, -0.25) is 0 Å². The molecule has 1 aromatic carbocycles. The zero-order chi connectivity index (χ0) is 14.1. The summed E-state index contributed by atoms with van der Waals surface area (Å²) in [6.07, 6.45) is 3.49. The standard InChI is InChI=1S/C17H29NO/c1-5-16(18-6-2)8-7-13-19-17-11-9-15(10-12-17)14(3)4/h9-12,14,16,18H,5-8,13H2,1-4H3. The van der Waals surface area contributed by atoms with E-state index < -0.39 is 0 Å². The van der Waals surface area contributed by atoms with Gasteiger partial charge < -0.3 is 10.1 Å². The van der Waals surface area contributed by atoms with Crippen LogP contribution in [0, 0.1) is 0 Å². The predicted octanol–water partition coefficient (Wildman–Crippen LogP) is 4.36. The summed E-state index contributed by atoms with van der Waals surface area (Å²) in [5.74, 6) is 1.57. The van der Waals surface area contributed by atoms with E-state index in [0.717, 1.165) is 25.3 Å². The van der Waals surface area contributed by atoms with Gasteiger partial charge in [0, 0.05) is 6.04 Å². The van der Waals surface area contributed by atoms with Gasteiger partial charge >= 0.3 is 0 Å². The molecule has 0 aliphatic carbocycles. The molecule has 2 heteroatoms. The Morgan fingerprint density at radius 2 is 1.79 bits per heavy atom. The van der Waals surface area contributed by atoms with Gasteiger partial charge in [0.1, 0.15) is 5.75 Å². The van der Waals surface area contributed by atoms with Gasteiger partial charge in [-0.25, -0.2) is 0 Å². The summed E-state index contributed by atoms with van der Waals surface area (Å²) < 4.78 is 5.79. The third-order valence-corrected chi connectivity index (χ3v) is 3.50. The molecule has 0 saturated heterocycles. The molecule has 1 rings (SSSR count). The van der Waals surface area contributed by atoms with Crippen LogP contribution in [0.4, 0.5) is 0 Å². The van der Waals surface area contributed by atoms with Gasteiger partial charge in [-0.15, -0.1) is 0 Å². The van der Waals surface area contributed by atoms with Crippen molar-refractivity contribution in [1.82, 2.24) is 5.32 Å². The van der Waals surface area contributed by atoms with Crippen molar-refractivity contribution in [1.29, 1.82) is 0 Å². The van der Waals surface area contributed by atoms with Gasteiger partial charge in [0.05, 0.1) is 6.61 Å². The molecule has 19 heavy (non-hydrogen) atoms. The highest BCUT2D eigenvalue weighted by Gasteiger charge is 2.04. The van der Waals surface area contributed by atoms with Crippen LogP contribution in [0.15, 0.2) is 24.3 Å². The van der Waals surface area contributed by atoms with Crippen LogP contribution in [0.5, 0.6) is 5.75 Å². The molecule has 0 fully saturated rings. The zero-order valence-corrected chi connectivity index (χ0v) is 12.9. The summed E-state index contributed by atoms with van der Waals surface area (Å²) in [7, 11) is 0. The van der Waals surface area contributed by atoms with Crippen LogP contribution in [0.1, 0.15) is 58.4 Å². The first-order valence-corrected chi connectivity index (χ1v) is 7.63. The molecular weight excluding hydrogens is 234 g/mol. The highest BCUT2D eigenvalue weighted by molar-refractivity contribution is 5.28. The molecule has 1 unspecified atom stereocenters. The molecular formula is C17H29NO. The monoisotopic (exact) mass is 263 g/mol. The smallest absolute Gasteiger partial charge is 0.119 e. The first-order valence-electron chi connectivity index (χ1n) is 7.63. The lowest BCUT2D eigenvalue weighted by Gasteiger charge is -2.15. The van der Waals surface area contributed by atoms with Gasteiger partial charge in [-0.2, -0.15) is 0 Å². The van der Waals surface area contributed by atoms with Crippen LogP contribution >= 0.6 is 0 Å². The summed E-state index contributed by atoms with van der Waals surface area (Å²) in [4.78, 5) is 0. The Kier molecular flexibility index (Phi) is 7.57. The molecule has 0 aromatic heterocycles. The lowest BCUT2D eigenvalue weighted by molar-refractivity contribution is 0.295. The summed E-state index contributed by atoms with van der Waals surface area (Å²) >= 11 is 0. The van der Waals surface area contributed by atoms with Crippen molar-refractivity contribution in [3.63, 3.8) is 0 Å². The Morgan fingerprint density at radius 1 is 1.11 bits per heavy atom. The van der Waals surface area contributed by atoms with E-state index in [9.17, 15) is 0 Å². The van der Waals surface area contributed by atoms with Crippen LogP contribution in [0.3, 0.4) is 0 Å². The maximum absolute atomic E-state index is 5.79. The van der Waals surface area contributed by atoms with Crippen molar-refractivity contribution < 1.29 is 4.74 Å². The van der Waals surface area contributed by atoms with Crippen molar-refractivity contribution >= 4 is 0 Å². The molecule has 0 spiro atoms. The highest BCUT2D eigenvalue weighted by atomic mass is 16.5. The Balaban J connectivity index is 2.25. The maximum atomic E-state index is 5.79. The summed E-state index contributed by atoms with van der Waals surface area (Å²) in [6.45, 7) is 10.7. The fourth-order valence-corrected chi connectivity index (χ4v) is 2.21. The van der Waals surface area contributed by atoms with E-state index >= 15 is 0 Å². The number of hydrogen-bond acceptors (Lipinski definition) is 2. The minimum Gasteiger partial charge on any atom is -0.494 e. The largest absolute Gasteiger partial charge is 0.494 e. The number of ether oxygens (including phenoxy) is 1. The number of nitrogens with one attached hydrogen (secondary N) is 1. The fraction of sp³-hybridized carbons (Fsp3) is 0.647. The lowest BCUT2D eigenvalue weighted by atomic mass is 10.0. The molecule has 0 aliphatic rings. The van der Waals surface area contributed by atoms with Crippen molar-refractivity contribution in [2.75, 3.05) is 13.2 Å². The van der Waals surface area contributed by atoms with Crippen molar-refractivity contribution in [3.05, 3.63) is 29.8 Å². The second-order valence-corrected chi connectivity index (χ2v) is 5.38. The van der Waals surface area contributed by atoms with Crippen LogP contribution in [0.2, 0.25) is 0 Å². The Morgan fingerprint density at radius 3 is 2.32 bits per heavy atom. The minimum atomic E-state index is 0.583. The molecule has 0 heterocycles. The number of rotatable bonds is 9. The van der Waals surface area contributed by atoms with Crippen LogP contribution in [-0.2, 0) is 0 Å². The van der Waals surface area contributed by atoms with Crippen LogP contribution < -0.4 is 10.1 Å². The number of benzene rings is 1. The maximum Gasteiger partial charge on any atom is 0.119 e. The van der Waals surface area contributed by atoms with Gasteiger partial charge in [-0.05, 0) is 49.4 Å². The second kappa shape index (κ2) is 8.98. The zero-order valence-electron chi connectivity index (χ0n) is 12.9. The normalized spacial score (nSPS) is 12.7. The molecule has 0 saturated carbocycles. The Bertz CT molecular complexity index is 332. The summed E-state index contributed by atoms with van der Waals surface area (Å²) in [6, 6.07) is 9.12. The molecule has 0 amide bonds. The molecule has 1 aromatic rings. The lowest BCUT2D eigenvalue weighted by Crippen LogP contribution is -2.28. The van der Waals surface area contributed by atoms with Gasteiger partial charge in [0.25, 0.3) is 0 Å². The minimum absolute atomic E-state index is 0.583. The van der Waals surface area contributed by atoms with Crippen LogP contribution in [0.25, 0.3) is 0 Å². The van der Waals surface area contributed by atoms with Crippen molar-refractivity contribution in [2.45, 2.75) is 58.9 Å². The Labute approximate surface area is 118 Å². The summed E-state index contributed by atoms with van der Waals surface area (Å²) in [5, 5.41) is 3.50. The van der Waals surface area contributed by atoms with E-state index in [2.05, 4.69) is 57.3 Å². The van der Waals surface area contributed by atoms with Gasteiger partial charge in [0.15, 0.2) is 0 Å². The van der Waals surface area contributed by atoms with E-state index in [1.807, 2.05) is 0 Å². The third-order valence-electron chi connectivity index (χ3n) is 3.50. The molecule has 2 nitrogen and oxygen atoms in total.